The van der Waals surface area contributed by atoms with Crippen molar-refractivity contribution in [3.63, 3.8) is 0 Å². The van der Waals surface area contributed by atoms with E-state index in [4.69, 9.17) is 4.74 Å². The molecule has 0 unspecified atom stereocenters. The van der Waals surface area contributed by atoms with Gasteiger partial charge in [-0.15, -0.1) is 0 Å². The SMILES string of the molecule is CNC(=O)c1cc(C(=O)OC(C)(C)C)cc(Cc2cccc3[nH]ccc23)n1. The van der Waals surface area contributed by atoms with Crippen LogP contribution in [-0.2, 0) is 11.2 Å². The fourth-order valence-electron chi connectivity index (χ4n) is 2.88. The van der Waals surface area contributed by atoms with Gasteiger partial charge in [-0.1, -0.05) is 12.1 Å². The molecule has 0 aliphatic carbocycles. The zero-order valence-electron chi connectivity index (χ0n) is 15.9. The van der Waals surface area contributed by atoms with E-state index in [-0.39, 0.29) is 11.6 Å². The van der Waals surface area contributed by atoms with Gasteiger partial charge in [0.05, 0.1) is 5.56 Å². The van der Waals surface area contributed by atoms with E-state index in [1.165, 1.54) is 13.1 Å². The first kappa shape index (κ1) is 18.6. The van der Waals surface area contributed by atoms with Crippen LogP contribution < -0.4 is 5.32 Å². The molecule has 0 aliphatic rings. The van der Waals surface area contributed by atoms with E-state index in [1.54, 1.807) is 26.8 Å². The standard InChI is InChI=1S/C21H23N3O3/c1-21(2,3)27-20(26)14-11-15(24-18(12-14)19(25)22-4)10-13-6-5-7-17-16(13)8-9-23-17/h5-9,11-12,23H,10H2,1-4H3,(H,22,25). The Morgan fingerprint density at radius 1 is 1.19 bits per heavy atom. The number of fused-ring (bicyclic) bond motifs is 1. The van der Waals surface area contributed by atoms with Gasteiger partial charge in [0.25, 0.3) is 5.91 Å². The maximum Gasteiger partial charge on any atom is 0.338 e. The van der Waals surface area contributed by atoms with Gasteiger partial charge in [-0.3, -0.25) is 4.79 Å². The fraction of sp³-hybridized carbons (Fsp3) is 0.286. The summed E-state index contributed by atoms with van der Waals surface area (Å²) in [6, 6.07) is 11.1. The zero-order valence-corrected chi connectivity index (χ0v) is 15.9. The van der Waals surface area contributed by atoms with E-state index in [0.717, 1.165) is 16.5 Å². The van der Waals surface area contributed by atoms with Crippen molar-refractivity contribution in [2.75, 3.05) is 7.05 Å². The number of carbonyl (C=O) groups excluding carboxylic acids is 2. The van der Waals surface area contributed by atoms with E-state index < -0.39 is 11.6 Å². The van der Waals surface area contributed by atoms with Crippen LogP contribution in [0.3, 0.4) is 0 Å². The van der Waals surface area contributed by atoms with E-state index in [0.29, 0.717) is 17.7 Å². The molecule has 2 heterocycles. The highest BCUT2D eigenvalue weighted by Crippen LogP contribution is 2.21. The number of aromatic nitrogens is 2. The molecule has 0 radical (unpaired) electrons. The third-order valence-corrected chi connectivity index (χ3v) is 4.03. The molecule has 0 bridgehead atoms. The quantitative estimate of drug-likeness (QED) is 0.694. The van der Waals surface area contributed by atoms with Crippen LogP contribution in [0.4, 0.5) is 0 Å². The summed E-state index contributed by atoms with van der Waals surface area (Å²) in [7, 11) is 1.53. The Kier molecular flexibility index (Phi) is 4.99. The monoisotopic (exact) mass is 365 g/mol. The Balaban J connectivity index is 2.01. The Hall–Kier alpha value is -3.15. The summed E-state index contributed by atoms with van der Waals surface area (Å²) < 4.78 is 5.45. The molecule has 0 atom stereocenters. The molecule has 0 spiro atoms. The van der Waals surface area contributed by atoms with Crippen molar-refractivity contribution < 1.29 is 14.3 Å². The van der Waals surface area contributed by atoms with Crippen LogP contribution in [0.5, 0.6) is 0 Å². The average Bonchev–Trinajstić information content (AvgIpc) is 3.09. The van der Waals surface area contributed by atoms with Crippen LogP contribution in [0.2, 0.25) is 0 Å². The van der Waals surface area contributed by atoms with Crippen molar-refractivity contribution in [3.8, 4) is 0 Å². The fourth-order valence-corrected chi connectivity index (χ4v) is 2.88. The summed E-state index contributed by atoms with van der Waals surface area (Å²) in [5.41, 5.74) is 2.61. The largest absolute Gasteiger partial charge is 0.456 e. The summed E-state index contributed by atoms with van der Waals surface area (Å²) in [5, 5.41) is 3.64. The summed E-state index contributed by atoms with van der Waals surface area (Å²) in [6.45, 7) is 5.41. The van der Waals surface area contributed by atoms with Crippen LogP contribution in [0.15, 0.2) is 42.6 Å². The summed E-state index contributed by atoms with van der Waals surface area (Å²) in [6.07, 6.45) is 2.38. The van der Waals surface area contributed by atoms with E-state index in [9.17, 15) is 9.59 Å². The summed E-state index contributed by atoms with van der Waals surface area (Å²) >= 11 is 0. The lowest BCUT2D eigenvalue weighted by atomic mass is 10.0. The predicted octanol–water partition coefficient (Wildman–Crippen LogP) is 3.47. The predicted molar refractivity (Wildman–Crippen MR) is 104 cm³/mol. The average molecular weight is 365 g/mol. The highest BCUT2D eigenvalue weighted by atomic mass is 16.6. The van der Waals surface area contributed by atoms with Crippen molar-refractivity contribution in [1.29, 1.82) is 0 Å². The highest BCUT2D eigenvalue weighted by Gasteiger charge is 2.20. The van der Waals surface area contributed by atoms with E-state index in [1.807, 2.05) is 30.5 Å². The Labute approximate surface area is 158 Å². The van der Waals surface area contributed by atoms with Crippen molar-refractivity contribution in [3.05, 3.63) is 65.1 Å². The normalized spacial score (nSPS) is 11.4. The van der Waals surface area contributed by atoms with Crippen molar-refractivity contribution in [2.45, 2.75) is 32.8 Å². The van der Waals surface area contributed by atoms with Crippen LogP contribution in [-0.4, -0.2) is 34.5 Å². The van der Waals surface area contributed by atoms with Crippen LogP contribution >= 0.6 is 0 Å². The van der Waals surface area contributed by atoms with E-state index >= 15 is 0 Å². The second-order valence-corrected chi connectivity index (χ2v) is 7.35. The number of hydrogen-bond donors (Lipinski definition) is 2. The van der Waals surface area contributed by atoms with Crippen molar-refractivity contribution in [1.82, 2.24) is 15.3 Å². The number of ether oxygens (including phenoxy) is 1. The molecule has 3 aromatic rings. The minimum absolute atomic E-state index is 0.192. The molecule has 2 aromatic heterocycles. The molecular formula is C21H23N3O3. The van der Waals surface area contributed by atoms with Gasteiger partial charge < -0.3 is 15.0 Å². The first-order valence-electron chi connectivity index (χ1n) is 8.78. The Morgan fingerprint density at radius 2 is 1.96 bits per heavy atom. The molecule has 0 saturated heterocycles. The van der Waals surface area contributed by atoms with Gasteiger partial charge in [0.15, 0.2) is 0 Å². The maximum atomic E-state index is 12.5. The number of nitrogens with zero attached hydrogens (tertiary/aromatic N) is 1. The van der Waals surface area contributed by atoms with Gasteiger partial charge >= 0.3 is 5.97 Å². The lowest BCUT2D eigenvalue weighted by Crippen LogP contribution is -2.25. The maximum absolute atomic E-state index is 12.5. The van der Waals surface area contributed by atoms with Gasteiger partial charge in [0, 0.05) is 36.3 Å². The number of amides is 1. The lowest BCUT2D eigenvalue weighted by molar-refractivity contribution is 0.00692. The van der Waals surface area contributed by atoms with Crippen LogP contribution in [0.25, 0.3) is 10.9 Å². The molecule has 3 rings (SSSR count). The second kappa shape index (κ2) is 7.23. The molecule has 6 heteroatoms. The number of H-pyrrole nitrogens is 1. The van der Waals surface area contributed by atoms with Crippen molar-refractivity contribution >= 4 is 22.8 Å². The summed E-state index contributed by atoms with van der Waals surface area (Å²) in [5.74, 6) is -0.822. The Morgan fingerprint density at radius 3 is 2.67 bits per heavy atom. The smallest absolute Gasteiger partial charge is 0.338 e. The number of esters is 1. The molecule has 1 aromatic carbocycles. The number of benzene rings is 1. The third-order valence-electron chi connectivity index (χ3n) is 4.03. The molecule has 6 nitrogen and oxygen atoms in total. The molecule has 140 valence electrons. The number of pyridine rings is 1. The van der Waals surface area contributed by atoms with Gasteiger partial charge in [-0.2, -0.15) is 0 Å². The zero-order chi connectivity index (χ0) is 19.6. The molecule has 27 heavy (non-hydrogen) atoms. The van der Waals surface area contributed by atoms with E-state index in [2.05, 4.69) is 15.3 Å². The summed E-state index contributed by atoms with van der Waals surface area (Å²) in [4.78, 5) is 32.3. The molecule has 0 aliphatic heterocycles. The molecule has 2 N–H and O–H groups in total. The number of hydrogen-bond acceptors (Lipinski definition) is 4. The van der Waals surface area contributed by atoms with Crippen molar-refractivity contribution in [2.24, 2.45) is 0 Å². The van der Waals surface area contributed by atoms with Gasteiger partial charge in [0.2, 0.25) is 0 Å². The first-order valence-corrected chi connectivity index (χ1v) is 8.78. The first-order chi connectivity index (χ1) is 12.8. The van der Waals surface area contributed by atoms with Gasteiger partial charge in [-0.25, -0.2) is 9.78 Å². The van der Waals surface area contributed by atoms with Crippen LogP contribution in [0, 0.1) is 0 Å². The highest BCUT2D eigenvalue weighted by molar-refractivity contribution is 5.96. The van der Waals surface area contributed by atoms with Crippen LogP contribution in [0.1, 0.15) is 52.9 Å². The third kappa shape index (κ3) is 4.34. The number of aromatic amines is 1. The molecule has 0 saturated carbocycles. The minimum Gasteiger partial charge on any atom is -0.456 e. The minimum atomic E-state index is -0.621. The topological polar surface area (TPSA) is 84.1 Å². The molecule has 0 fully saturated rings. The van der Waals surface area contributed by atoms with Gasteiger partial charge in [0.1, 0.15) is 11.3 Å². The Bertz CT molecular complexity index is 999. The number of nitrogens with one attached hydrogen (secondary N) is 2. The van der Waals surface area contributed by atoms with Gasteiger partial charge in [-0.05, 0) is 50.6 Å². The lowest BCUT2D eigenvalue weighted by Gasteiger charge is -2.20. The number of carbonyl (C=O) groups is 2. The second-order valence-electron chi connectivity index (χ2n) is 7.35. The molecular weight excluding hydrogens is 342 g/mol. The number of rotatable bonds is 4. The molecule has 1 amide bonds.